The van der Waals surface area contributed by atoms with E-state index < -0.39 is 0 Å². The molecule has 1 N–H and O–H groups in total. The summed E-state index contributed by atoms with van der Waals surface area (Å²) in [5, 5.41) is 8.74. The Balaban J connectivity index is 1.76. The number of aliphatic hydroxyl groups is 1. The molecule has 2 saturated heterocycles. The molecule has 1 unspecified atom stereocenters. The van der Waals surface area contributed by atoms with E-state index >= 15 is 0 Å². The van der Waals surface area contributed by atoms with Gasteiger partial charge in [0.05, 0.1) is 0 Å². The van der Waals surface area contributed by atoms with Gasteiger partial charge in [0.15, 0.2) is 0 Å². The Bertz CT molecular complexity index is 265. The Kier molecular flexibility index (Phi) is 5.45. The monoisotopic (exact) mass is 254 g/mol. The van der Waals surface area contributed by atoms with Gasteiger partial charge in [-0.1, -0.05) is 0 Å². The van der Waals surface area contributed by atoms with E-state index in [-0.39, 0.29) is 12.5 Å². The molecule has 2 aliphatic heterocycles. The summed E-state index contributed by atoms with van der Waals surface area (Å²) in [6, 6.07) is 0.600. The van der Waals surface area contributed by atoms with Crippen LogP contribution in [0.1, 0.15) is 44.9 Å². The van der Waals surface area contributed by atoms with Crippen LogP contribution in [0.25, 0.3) is 0 Å². The van der Waals surface area contributed by atoms with Crippen molar-refractivity contribution < 1.29 is 9.90 Å². The molecule has 0 aromatic carbocycles. The number of aliphatic hydroxyl groups excluding tert-OH is 1. The van der Waals surface area contributed by atoms with Gasteiger partial charge in [0.1, 0.15) is 0 Å². The van der Waals surface area contributed by atoms with Crippen LogP contribution in [0.4, 0.5) is 0 Å². The zero-order valence-electron chi connectivity index (χ0n) is 11.3. The van der Waals surface area contributed by atoms with Gasteiger partial charge in [0, 0.05) is 32.2 Å². The van der Waals surface area contributed by atoms with Crippen LogP contribution in [-0.2, 0) is 4.79 Å². The third-order valence-corrected chi connectivity index (χ3v) is 4.21. The van der Waals surface area contributed by atoms with Gasteiger partial charge in [-0.05, 0) is 51.6 Å². The predicted octanol–water partition coefficient (Wildman–Crippen LogP) is 1.24. The highest BCUT2D eigenvalue weighted by Crippen LogP contribution is 2.21. The molecular formula is C14H26N2O2. The minimum Gasteiger partial charge on any atom is -0.396 e. The number of amides is 1. The van der Waals surface area contributed by atoms with Crippen molar-refractivity contribution in [2.24, 2.45) is 0 Å². The topological polar surface area (TPSA) is 43.8 Å². The fourth-order valence-corrected chi connectivity index (χ4v) is 3.13. The SMILES string of the molecule is O=C(CCCCO)N1CCCC(N2CCCC2)C1. The molecule has 1 amide bonds. The first-order valence-electron chi connectivity index (χ1n) is 7.44. The smallest absolute Gasteiger partial charge is 0.222 e. The van der Waals surface area contributed by atoms with Crippen LogP contribution in [0, 0.1) is 0 Å². The third-order valence-electron chi connectivity index (χ3n) is 4.21. The summed E-state index contributed by atoms with van der Waals surface area (Å²) in [4.78, 5) is 16.7. The van der Waals surface area contributed by atoms with E-state index in [9.17, 15) is 4.79 Å². The van der Waals surface area contributed by atoms with Crippen molar-refractivity contribution in [1.82, 2.24) is 9.80 Å². The maximum absolute atomic E-state index is 12.1. The van der Waals surface area contributed by atoms with Crippen LogP contribution in [0.2, 0.25) is 0 Å². The Morgan fingerprint density at radius 3 is 2.61 bits per heavy atom. The van der Waals surface area contributed by atoms with Gasteiger partial charge < -0.3 is 10.0 Å². The van der Waals surface area contributed by atoms with Crippen molar-refractivity contribution in [2.45, 2.75) is 51.0 Å². The maximum Gasteiger partial charge on any atom is 0.222 e. The van der Waals surface area contributed by atoms with Crippen LogP contribution >= 0.6 is 0 Å². The van der Waals surface area contributed by atoms with E-state index in [4.69, 9.17) is 5.11 Å². The largest absolute Gasteiger partial charge is 0.396 e. The Morgan fingerprint density at radius 1 is 1.11 bits per heavy atom. The van der Waals surface area contributed by atoms with Gasteiger partial charge in [0.25, 0.3) is 0 Å². The summed E-state index contributed by atoms with van der Waals surface area (Å²) in [5.74, 6) is 0.285. The molecule has 0 aromatic heterocycles. The predicted molar refractivity (Wildman–Crippen MR) is 71.3 cm³/mol. The first-order chi connectivity index (χ1) is 8.81. The van der Waals surface area contributed by atoms with Crippen molar-refractivity contribution in [1.29, 1.82) is 0 Å². The number of likely N-dealkylation sites (tertiary alicyclic amines) is 2. The normalized spacial score (nSPS) is 25.6. The summed E-state index contributed by atoms with van der Waals surface area (Å²) < 4.78 is 0. The highest BCUT2D eigenvalue weighted by atomic mass is 16.3. The maximum atomic E-state index is 12.1. The zero-order valence-corrected chi connectivity index (χ0v) is 11.3. The van der Waals surface area contributed by atoms with Crippen LogP contribution < -0.4 is 0 Å². The molecule has 1 atom stereocenters. The summed E-state index contributed by atoms with van der Waals surface area (Å²) in [6.07, 6.45) is 7.21. The van der Waals surface area contributed by atoms with E-state index in [1.165, 1.54) is 32.4 Å². The van der Waals surface area contributed by atoms with Gasteiger partial charge in [-0.15, -0.1) is 0 Å². The molecule has 104 valence electrons. The molecule has 4 nitrogen and oxygen atoms in total. The summed E-state index contributed by atoms with van der Waals surface area (Å²) >= 11 is 0. The zero-order chi connectivity index (χ0) is 12.8. The van der Waals surface area contributed by atoms with E-state index in [1.807, 2.05) is 4.90 Å². The van der Waals surface area contributed by atoms with Gasteiger partial charge in [-0.3, -0.25) is 9.69 Å². The fraction of sp³-hybridized carbons (Fsp3) is 0.929. The molecule has 0 aromatic rings. The van der Waals surface area contributed by atoms with Crippen molar-refractivity contribution in [3.05, 3.63) is 0 Å². The quantitative estimate of drug-likeness (QED) is 0.751. The van der Waals surface area contributed by atoms with Gasteiger partial charge in [0.2, 0.25) is 5.91 Å². The number of nitrogens with zero attached hydrogens (tertiary/aromatic N) is 2. The van der Waals surface area contributed by atoms with Crippen molar-refractivity contribution in [3.8, 4) is 0 Å². The summed E-state index contributed by atoms with van der Waals surface area (Å²) in [7, 11) is 0. The van der Waals surface area contributed by atoms with Crippen LogP contribution in [0.15, 0.2) is 0 Å². The molecule has 0 radical (unpaired) electrons. The molecule has 2 rings (SSSR count). The highest BCUT2D eigenvalue weighted by Gasteiger charge is 2.28. The Hall–Kier alpha value is -0.610. The molecule has 18 heavy (non-hydrogen) atoms. The van der Waals surface area contributed by atoms with Crippen molar-refractivity contribution >= 4 is 5.91 Å². The van der Waals surface area contributed by atoms with Gasteiger partial charge >= 0.3 is 0 Å². The number of rotatable bonds is 5. The lowest BCUT2D eigenvalue weighted by Crippen LogP contribution is -2.48. The number of carbonyl (C=O) groups excluding carboxylic acids is 1. The van der Waals surface area contributed by atoms with Crippen LogP contribution in [0.5, 0.6) is 0 Å². The second-order valence-electron chi connectivity index (χ2n) is 5.56. The molecule has 2 aliphatic rings. The number of hydrogen-bond donors (Lipinski definition) is 1. The molecule has 0 aliphatic carbocycles. The van der Waals surface area contributed by atoms with Gasteiger partial charge in [-0.2, -0.15) is 0 Å². The number of unbranched alkanes of at least 4 members (excludes halogenated alkanes) is 1. The molecule has 0 bridgehead atoms. The van der Waals surface area contributed by atoms with E-state index in [2.05, 4.69) is 4.90 Å². The Morgan fingerprint density at radius 2 is 1.89 bits per heavy atom. The average molecular weight is 254 g/mol. The number of hydrogen-bond acceptors (Lipinski definition) is 3. The number of piperidine rings is 1. The lowest BCUT2D eigenvalue weighted by molar-refractivity contribution is -0.133. The minimum atomic E-state index is 0.198. The molecule has 0 saturated carbocycles. The van der Waals surface area contributed by atoms with Crippen molar-refractivity contribution in [3.63, 3.8) is 0 Å². The van der Waals surface area contributed by atoms with E-state index in [0.29, 0.717) is 12.5 Å². The lowest BCUT2D eigenvalue weighted by Gasteiger charge is -2.37. The third kappa shape index (κ3) is 3.69. The first kappa shape index (κ1) is 13.8. The van der Waals surface area contributed by atoms with Crippen molar-refractivity contribution in [2.75, 3.05) is 32.8 Å². The minimum absolute atomic E-state index is 0.198. The molecular weight excluding hydrogens is 228 g/mol. The van der Waals surface area contributed by atoms with Crippen LogP contribution in [0.3, 0.4) is 0 Å². The average Bonchev–Trinajstić information content (AvgIpc) is 2.93. The van der Waals surface area contributed by atoms with Crippen LogP contribution in [-0.4, -0.2) is 59.6 Å². The number of carbonyl (C=O) groups is 1. The standard InChI is InChI=1S/C14H26N2O2/c17-11-4-1-7-14(18)16-10-5-6-13(12-16)15-8-2-3-9-15/h13,17H,1-12H2. The van der Waals surface area contributed by atoms with Gasteiger partial charge in [-0.25, -0.2) is 0 Å². The van der Waals surface area contributed by atoms with E-state index in [1.54, 1.807) is 0 Å². The molecule has 2 heterocycles. The second kappa shape index (κ2) is 7.10. The molecule has 4 heteroatoms. The Labute approximate surface area is 110 Å². The summed E-state index contributed by atoms with van der Waals surface area (Å²) in [5.41, 5.74) is 0. The van der Waals surface area contributed by atoms with E-state index in [0.717, 1.165) is 32.4 Å². The second-order valence-corrected chi connectivity index (χ2v) is 5.56. The molecule has 0 spiro atoms. The fourth-order valence-electron chi connectivity index (χ4n) is 3.13. The molecule has 2 fully saturated rings. The first-order valence-corrected chi connectivity index (χ1v) is 7.44. The lowest BCUT2D eigenvalue weighted by atomic mass is 10.0. The summed E-state index contributed by atoms with van der Waals surface area (Å²) in [6.45, 7) is 4.50. The highest BCUT2D eigenvalue weighted by molar-refractivity contribution is 5.76.